The number of carbonyl (C=O) groups excluding carboxylic acids is 1. The number of hydrogen-bond acceptors (Lipinski definition) is 5. The quantitative estimate of drug-likeness (QED) is 0.818. The molecule has 2 aliphatic heterocycles. The summed E-state index contributed by atoms with van der Waals surface area (Å²) in [5.41, 5.74) is 2.83. The number of nitrogens with one attached hydrogen (secondary N) is 1. The van der Waals surface area contributed by atoms with Gasteiger partial charge in [0.15, 0.2) is 5.82 Å². The lowest BCUT2D eigenvalue weighted by atomic mass is 9.99. The van der Waals surface area contributed by atoms with Gasteiger partial charge in [-0.2, -0.15) is 0 Å². The normalized spacial score (nSPS) is 19.4. The van der Waals surface area contributed by atoms with Crippen molar-refractivity contribution in [2.75, 3.05) is 32.5 Å². The molecule has 1 fully saturated rings. The molecule has 160 valence electrons. The molecule has 0 bridgehead atoms. The molecule has 0 saturated carbocycles. The molecule has 1 amide bonds. The molecule has 1 aromatic heterocycles. The average Bonchev–Trinajstić information content (AvgIpc) is 2.77. The van der Waals surface area contributed by atoms with Crippen LogP contribution in [0.5, 0.6) is 0 Å². The van der Waals surface area contributed by atoms with E-state index in [-0.39, 0.29) is 17.8 Å². The third-order valence-corrected chi connectivity index (χ3v) is 6.19. The van der Waals surface area contributed by atoms with Crippen molar-refractivity contribution in [2.24, 2.45) is 0 Å². The number of halogens is 1. The molecular formula is C23H30FN5O. The van der Waals surface area contributed by atoms with Gasteiger partial charge in [0.1, 0.15) is 11.6 Å². The number of likely N-dealkylation sites (N-methyl/N-ethyl adjacent to an activating group) is 1. The van der Waals surface area contributed by atoms with E-state index in [1.807, 2.05) is 18.0 Å². The highest BCUT2D eigenvalue weighted by Gasteiger charge is 2.31. The van der Waals surface area contributed by atoms with Crippen LogP contribution in [0, 0.1) is 5.82 Å². The molecule has 0 radical (unpaired) electrons. The van der Waals surface area contributed by atoms with Crippen LogP contribution in [0.1, 0.15) is 54.4 Å². The number of anilines is 1. The van der Waals surface area contributed by atoms with Crippen molar-refractivity contribution in [3.8, 4) is 0 Å². The van der Waals surface area contributed by atoms with Crippen LogP contribution in [0.2, 0.25) is 0 Å². The fraction of sp³-hybridized carbons (Fsp3) is 0.522. The second-order valence-electron chi connectivity index (χ2n) is 8.28. The fourth-order valence-corrected chi connectivity index (χ4v) is 4.51. The zero-order valence-electron chi connectivity index (χ0n) is 17.8. The Morgan fingerprint density at radius 3 is 2.87 bits per heavy atom. The molecular weight excluding hydrogens is 381 g/mol. The average molecular weight is 412 g/mol. The lowest BCUT2D eigenvalue weighted by molar-refractivity contribution is -0.135. The summed E-state index contributed by atoms with van der Waals surface area (Å²) in [6.07, 6.45) is 4.51. The minimum Gasteiger partial charge on any atom is -0.373 e. The number of aryl methyl sites for hydroxylation is 1. The number of likely N-dealkylation sites (tertiary alicyclic amines) is 1. The van der Waals surface area contributed by atoms with Gasteiger partial charge >= 0.3 is 0 Å². The number of amides is 1. The van der Waals surface area contributed by atoms with Crippen LogP contribution in [0.4, 0.5) is 10.2 Å². The van der Waals surface area contributed by atoms with Crippen molar-refractivity contribution >= 4 is 11.7 Å². The van der Waals surface area contributed by atoms with Crippen molar-refractivity contribution < 1.29 is 9.18 Å². The summed E-state index contributed by atoms with van der Waals surface area (Å²) in [4.78, 5) is 27.0. The second kappa shape index (κ2) is 9.08. The Labute approximate surface area is 177 Å². The molecule has 6 nitrogen and oxygen atoms in total. The van der Waals surface area contributed by atoms with E-state index in [4.69, 9.17) is 9.97 Å². The zero-order valence-corrected chi connectivity index (χ0v) is 17.8. The van der Waals surface area contributed by atoms with Gasteiger partial charge in [-0.3, -0.25) is 4.79 Å². The Balaban J connectivity index is 1.55. The van der Waals surface area contributed by atoms with Crippen LogP contribution >= 0.6 is 0 Å². The zero-order chi connectivity index (χ0) is 21.1. The highest BCUT2D eigenvalue weighted by molar-refractivity contribution is 5.77. The van der Waals surface area contributed by atoms with Crippen molar-refractivity contribution in [3.63, 3.8) is 0 Å². The lowest BCUT2D eigenvalue weighted by Gasteiger charge is -2.36. The van der Waals surface area contributed by atoms with E-state index in [1.54, 1.807) is 12.1 Å². The first kappa shape index (κ1) is 20.7. The van der Waals surface area contributed by atoms with Crippen molar-refractivity contribution in [2.45, 2.75) is 51.1 Å². The molecule has 1 saturated heterocycles. The van der Waals surface area contributed by atoms with Crippen molar-refractivity contribution in [3.05, 3.63) is 52.7 Å². The predicted molar refractivity (Wildman–Crippen MR) is 115 cm³/mol. The van der Waals surface area contributed by atoms with Crippen LogP contribution < -0.4 is 5.32 Å². The molecule has 1 atom stereocenters. The fourth-order valence-electron chi connectivity index (χ4n) is 4.51. The van der Waals surface area contributed by atoms with E-state index in [0.717, 1.165) is 61.7 Å². The maximum absolute atomic E-state index is 13.9. The van der Waals surface area contributed by atoms with Gasteiger partial charge in [0.25, 0.3) is 0 Å². The molecule has 1 aromatic carbocycles. The monoisotopic (exact) mass is 411 g/mol. The first-order chi connectivity index (χ1) is 14.6. The summed E-state index contributed by atoms with van der Waals surface area (Å²) < 4.78 is 13.9. The van der Waals surface area contributed by atoms with Crippen molar-refractivity contribution in [1.29, 1.82) is 0 Å². The third-order valence-electron chi connectivity index (χ3n) is 6.19. The maximum Gasteiger partial charge on any atom is 0.223 e. The van der Waals surface area contributed by atoms with Crippen LogP contribution in [0.3, 0.4) is 0 Å². The Hall–Kier alpha value is -2.54. The van der Waals surface area contributed by atoms with Crippen LogP contribution in [0.25, 0.3) is 0 Å². The van der Waals surface area contributed by atoms with Gasteiger partial charge in [0, 0.05) is 45.1 Å². The topological polar surface area (TPSA) is 61.4 Å². The van der Waals surface area contributed by atoms with E-state index in [9.17, 15) is 9.18 Å². The highest BCUT2D eigenvalue weighted by Crippen LogP contribution is 2.32. The number of hydrogen-bond donors (Lipinski definition) is 1. The highest BCUT2D eigenvalue weighted by atomic mass is 19.1. The summed E-state index contributed by atoms with van der Waals surface area (Å²) in [6, 6.07) is 6.57. The molecule has 7 heteroatoms. The van der Waals surface area contributed by atoms with Gasteiger partial charge in [0.05, 0.1) is 11.7 Å². The summed E-state index contributed by atoms with van der Waals surface area (Å²) in [5, 5.41) is 3.23. The molecule has 2 aliphatic rings. The number of nitrogens with zero attached hydrogens (tertiary/aromatic N) is 4. The molecule has 0 spiro atoms. The van der Waals surface area contributed by atoms with Crippen molar-refractivity contribution in [1.82, 2.24) is 19.8 Å². The summed E-state index contributed by atoms with van der Waals surface area (Å²) in [5.74, 6) is 1.41. The van der Waals surface area contributed by atoms with Crippen LogP contribution in [0.15, 0.2) is 24.3 Å². The Bertz CT molecular complexity index is 901. The van der Waals surface area contributed by atoms with Gasteiger partial charge < -0.3 is 15.1 Å². The first-order valence-electron chi connectivity index (χ1n) is 10.9. The van der Waals surface area contributed by atoms with E-state index in [0.29, 0.717) is 24.9 Å². The number of rotatable bonds is 5. The van der Waals surface area contributed by atoms with E-state index in [1.165, 1.54) is 6.07 Å². The van der Waals surface area contributed by atoms with Gasteiger partial charge in [-0.1, -0.05) is 18.2 Å². The second-order valence-corrected chi connectivity index (χ2v) is 8.28. The van der Waals surface area contributed by atoms with Gasteiger partial charge in [-0.15, -0.1) is 0 Å². The Morgan fingerprint density at radius 1 is 1.23 bits per heavy atom. The maximum atomic E-state index is 13.9. The lowest BCUT2D eigenvalue weighted by Crippen LogP contribution is -2.40. The van der Waals surface area contributed by atoms with Gasteiger partial charge in [-0.25, -0.2) is 14.4 Å². The third kappa shape index (κ3) is 4.31. The summed E-state index contributed by atoms with van der Waals surface area (Å²) in [6.45, 7) is 2.52. The minimum absolute atomic E-state index is 0.0509. The van der Waals surface area contributed by atoms with Gasteiger partial charge in [-0.05, 0) is 44.4 Å². The number of piperidine rings is 1. The van der Waals surface area contributed by atoms with Crippen LogP contribution in [-0.2, 0) is 24.2 Å². The standard InChI is InChI=1S/C23H30FN5O/c1-25-22-17-15-28(2)14-12-19(17)26-23(27-22)20-9-5-6-13-29(20)21(30)11-10-16-7-3-4-8-18(16)24/h3-4,7-8,20H,5-6,9-15H2,1-2H3,(H,25,26,27)/t20-/m1/s1. The number of benzene rings is 1. The molecule has 0 unspecified atom stereocenters. The molecule has 0 aliphatic carbocycles. The van der Waals surface area contributed by atoms with E-state index < -0.39 is 0 Å². The summed E-state index contributed by atoms with van der Waals surface area (Å²) >= 11 is 0. The molecule has 4 rings (SSSR count). The Kier molecular flexibility index (Phi) is 6.27. The van der Waals surface area contributed by atoms with E-state index >= 15 is 0 Å². The largest absolute Gasteiger partial charge is 0.373 e. The number of fused-ring (bicyclic) bond motifs is 1. The summed E-state index contributed by atoms with van der Waals surface area (Å²) in [7, 11) is 3.99. The Morgan fingerprint density at radius 2 is 2.07 bits per heavy atom. The predicted octanol–water partition coefficient (Wildman–Crippen LogP) is 3.33. The number of aromatic nitrogens is 2. The van der Waals surface area contributed by atoms with E-state index in [2.05, 4.69) is 17.3 Å². The smallest absolute Gasteiger partial charge is 0.223 e. The van der Waals surface area contributed by atoms with Crippen LogP contribution in [-0.4, -0.2) is 52.9 Å². The van der Waals surface area contributed by atoms with Gasteiger partial charge in [0.2, 0.25) is 5.91 Å². The molecule has 30 heavy (non-hydrogen) atoms. The first-order valence-corrected chi connectivity index (χ1v) is 10.9. The molecule has 1 N–H and O–H groups in total. The molecule has 3 heterocycles. The molecule has 2 aromatic rings. The number of carbonyl (C=O) groups is 1. The minimum atomic E-state index is -0.248. The SMILES string of the molecule is CNc1nc([C@H]2CCCCN2C(=O)CCc2ccccc2F)nc2c1CN(C)CC2.